The molecule has 0 N–H and O–H groups in total. The number of rotatable bonds is 2. The Bertz CT molecular complexity index is 1140. The fraction of sp³-hybridized carbons (Fsp3) is 0.273. The number of para-hydroxylation sites is 2. The van der Waals surface area contributed by atoms with Gasteiger partial charge in [-0.15, -0.1) is 0 Å². The molecule has 1 aliphatic carbocycles. The van der Waals surface area contributed by atoms with Crippen LogP contribution in [0.15, 0.2) is 59.8 Å². The Labute approximate surface area is 172 Å². The van der Waals surface area contributed by atoms with E-state index < -0.39 is 11.9 Å². The molecule has 1 fully saturated rings. The molecule has 4 amide bonds. The number of fused-ring (bicyclic) bond motifs is 2. The van der Waals surface area contributed by atoms with Crippen molar-refractivity contribution in [1.82, 2.24) is 19.8 Å². The van der Waals surface area contributed by atoms with Gasteiger partial charge in [0.1, 0.15) is 5.69 Å². The molecule has 8 nitrogen and oxygen atoms in total. The maximum absolute atomic E-state index is 12.9. The van der Waals surface area contributed by atoms with Crippen LogP contribution in [0, 0.1) is 5.92 Å². The molecule has 2 aliphatic heterocycles. The van der Waals surface area contributed by atoms with Gasteiger partial charge in [-0.1, -0.05) is 30.4 Å². The van der Waals surface area contributed by atoms with E-state index in [2.05, 4.69) is 15.0 Å². The summed E-state index contributed by atoms with van der Waals surface area (Å²) in [5, 5.41) is 0. The van der Waals surface area contributed by atoms with Crippen LogP contribution in [0.5, 0.6) is 0 Å². The highest BCUT2D eigenvalue weighted by Gasteiger charge is 2.41. The first kappa shape index (κ1) is 18.4. The van der Waals surface area contributed by atoms with Crippen LogP contribution in [0.3, 0.4) is 0 Å². The number of likely N-dealkylation sites (tertiary alicyclic amines) is 1. The third kappa shape index (κ3) is 3.10. The average molecular weight is 401 g/mol. The van der Waals surface area contributed by atoms with Crippen molar-refractivity contribution in [1.29, 1.82) is 0 Å². The Hall–Kier alpha value is -3.68. The van der Waals surface area contributed by atoms with Crippen LogP contribution >= 0.6 is 0 Å². The number of piperidine rings is 1. The van der Waals surface area contributed by atoms with Crippen LogP contribution < -0.4 is 0 Å². The zero-order chi connectivity index (χ0) is 20.7. The molecule has 30 heavy (non-hydrogen) atoms. The van der Waals surface area contributed by atoms with Gasteiger partial charge in [0.05, 0.1) is 28.9 Å². The van der Waals surface area contributed by atoms with E-state index in [-0.39, 0.29) is 17.9 Å². The van der Waals surface area contributed by atoms with E-state index in [9.17, 15) is 14.4 Å². The van der Waals surface area contributed by atoms with Gasteiger partial charge in [-0.25, -0.2) is 9.78 Å². The summed E-state index contributed by atoms with van der Waals surface area (Å²) < 4.78 is 0. The Morgan fingerprint density at radius 2 is 1.80 bits per heavy atom. The maximum Gasteiger partial charge on any atom is 0.350 e. The molecule has 0 bridgehead atoms. The van der Waals surface area contributed by atoms with Gasteiger partial charge in [0.15, 0.2) is 0 Å². The van der Waals surface area contributed by atoms with E-state index in [0.717, 1.165) is 5.52 Å². The lowest BCUT2D eigenvalue weighted by molar-refractivity contribution is -0.131. The molecule has 5 rings (SSSR count). The molecule has 0 spiro atoms. The van der Waals surface area contributed by atoms with Gasteiger partial charge < -0.3 is 4.90 Å². The minimum atomic E-state index is -0.517. The van der Waals surface area contributed by atoms with Crippen molar-refractivity contribution in [2.24, 2.45) is 10.9 Å². The van der Waals surface area contributed by atoms with Gasteiger partial charge in [-0.2, -0.15) is 4.99 Å². The molecule has 1 unspecified atom stereocenters. The normalized spacial score (nSPS) is 21.7. The van der Waals surface area contributed by atoms with Gasteiger partial charge in [0.25, 0.3) is 5.91 Å². The summed E-state index contributed by atoms with van der Waals surface area (Å²) in [5.74, 6) is -0.931. The third-order valence-corrected chi connectivity index (χ3v) is 5.72. The maximum atomic E-state index is 12.9. The quantitative estimate of drug-likeness (QED) is 0.770. The van der Waals surface area contributed by atoms with Crippen molar-refractivity contribution in [3.8, 4) is 0 Å². The van der Waals surface area contributed by atoms with Crippen LogP contribution in [0.2, 0.25) is 0 Å². The molecule has 1 aromatic heterocycles. The monoisotopic (exact) mass is 401 g/mol. The molecular formula is C22H19N5O3. The lowest BCUT2D eigenvalue weighted by Gasteiger charge is -2.39. The molecule has 0 saturated carbocycles. The zero-order valence-corrected chi connectivity index (χ0v) is 16.1. The van der Waals surface area contributed by atoms with Gasteiger partial charge >= 0.3 is 6.03 Å². The number of urea groups is 1. The summed E-state index contributed by atoms with van der Waals surface area (Å²) in [7, 11) is 0. The molecule has 0 radical (unpaired) electrons. The Morgan fingerprint density at radius 1 is 1.03 bits per heavy atom. The first-order chi connectivity index (χ1) is 14.6. The van der Waals surface area contributed by atoms with E-state index >= 15 is 0 Å². The van der Waals surface area contributed by atoms with Crippen LogP contribution in [0.1, 0.15) is 23.3 Å². The number of allylic oxidation sites excluding steroid dienone is 3. The highest BCUT2D eigenvalue weighted by Crippen LogP contribution is 2.26. The van der Waals surface area contributed by atoms with Crippen molar-refractivity contribution < 1.29 is 14.4 Å². The predicted molar refractivity (Wildman–Crippen MR) is 110 cm³/mol. The minimum Gasteiger partial charge on any atom is -0.337 e. The molecule has 8 heteroatoms. The first-order valence-corrected chi connectivity index (χ1v) is 9.93. The van der Waals surface area contributed by atoms with Crippen LogP contribution in [-0.4, -0.2) is 62.5 Å². The molecule has 1 saturated heterocycles. The number of aliphatic imine (C=N–C) groups is 1. The van der Waals surface area contributed by atoms with E-state index in [0.29, 0.717) is 42.9 Å². The molecule has 3 heterocycles. The highest BCUT2D eigenvalue weighted by molar-refractivity contribution is 6.21. The van der Waals surface area contributed by atoms with Crippen LogP contribution in [0.4, 0.5) is 4.79 Å². The van der Waals surface area contributed by atoms with Crippen LogP contribution in [0.25, 0.3) is 11.0 Å². The van der Waals surface area contributed by atoms with Crippen molar-refractivity contribution in [2.45, 2.75) is 18.9 Å². The predicted octanol–water partition coefficient (Wildman–Crippen LogP) is 2.38. The summed E-state index contributed by atoms with van der Waals surface area (Å²) >= 11 is 0. The first-order valence-electron chi connectivity index (χ1n) is 9.93. The van der Waals surface area contributed by atoms with Gasteiger partial charge in [0.2, 0.25) is 5.91 Å². The molecule has 1 atom stereocenters. The standard InChI is InChI=1S/C22H19N5O3/c28-20-15-5-1-2-6-16(15)25-22(30)27(20)14-9-11-26(12-10-14)21(29)19-13-23-17-7-3-4-8-18(17)24-19/h1-8,13-15H,9-12H2. The molecule has 1 aromatic carbocycles. The van der Waals surface area contributed by atoms with Crippen molar-refractivity contribution in [3.63, 3.8) is 0 Å². The number of imide groups is 1. The average Bonchev–Trinajstić information content (AvgIpc) is 2.79. The number of aromatic nitrogens is 2. The van der Waals surface area contributed by atoms with E-state index in [4.69, 9.17) is 0 Å². The zero-order valence-electron chi connectivity index (χ0n) is 16.1. The van der Waals surface area contributed by atoms with E-state index in [1.165, 1.54) is 11.1 Å². The number of nitrogens with zero attached hydrogens (tertiary/aromatic N) is 5. The molecule has 3 aliphatic rings. The Balaban J connectivity index is 1.29. The smallest absolute Gasteiger partial charge is 0.337 e. The number of amides is 4. The van der Waals surface area contributed by atoms with Gasteiger partial charge in [-0.05, 0) is 31.1 Å². The second-order valence-electron chi connectivity index (χ2n) is 7.52. The lowest BCUT2D eigenvalue weighted by atomic mass is 9.93. The van der Waals surface area contributed by atoms with E-state index in [1.807, 2.05) is 24.3 Å². The van der Waals surface area contributed by atoms with Crippen molar-refractivity contribution >= 4 is 34.6 Å². The summed E-state index contributed by atoms with van der Waals surface area (Å²) in [5.41, 5.74) is 2.20. The largest absolute Gasteiger partial charge is 0.350 e. The van der Waals surface area contributed by atoms with Crippen LogP contribution in [-0.2, 0) is 4.79 Å². The fourth-order valence-electron chi connectivity index (χ4n) is 4.14. The second kappa shape index (κ2) is 7.29. The lowest BCUT2D eigenvalue weighted by Crippen LogP contribution is -2.54. The number of hydrogen-bond acceptors (Lipinski definition) is 5. The van der Waals surface area contributed by atoms with Crippen molar-refractivity contribution in [2.75, 3.05) is 13.1 Å². The number of carbonyl (C=O) groups is 3. The minimum absolute atomic E-state index is 0.191. The summed E-state index contributed by atoms with van der Waals surface area (Å²) in [6.45, 7) is 0.873. The summed E-state index contributed by atoms with van der Waals surface area (Å²) in [6, 6.07) is 6.62. The van der Waals surface area contributed by atoms with Crippen molar-refractivity contribution in [3.05, 3.63) is 60.5 Å². The highest BCUT2D eigenvalue weighted by atomic mass is 16.2. The molecule has 150 valence electrons. The van der Waals surface area contributed by atoms with E-state index in [1.54, 1.807) is 29.2 Å². The third-order valence-electron chi connectivity index (χ3n) is 5.72. The van der Waals surface area contributed by atoms with Gasteiger partial charge in [-0.3, -0.25) is 19.5 Å². The fourth-order valence-corrected chi connectivity index (χ4v) is 4.14. The Morgan fingerprint density at radius 3 is 2.60 bits per heavy atom. The summed E-state index contributed by atoms with van der Waals surface area (Å²) in [4.78, 5) is 54.0. The molecular weight excluding hydrogens is 382 g/mol. The summed E-state index contributed by atoms with van der Waals surface area (Å²) in [6.07, 6.45) is 9.55. The second-order valence-corrected chi connectivity index (χ2v) is 7.52. The Kier molecular flexibility index (Phi) is 4.46. The SMILES string of the molecule is O=C(c1cnc2ccccc2n1)N1CCC(N2C(=O)N=C3C=CC=CC3C2=O)CC1. The number of hydrogen-bond donors (Lipinski definition) is 0. The number of benzene rings is 1. The topological polar surface area (TPSA) is 95.8 Å². The van der Waals surface area contributed by atoms with Gasteiger partial charge in [0, 0.05) is 19.1 Å². The molecule has 2 aromatic rings. The number of carbonyl (C=O) groups excluding carboxylic acids is 3.